The van der Waals surface area contributed by atoms with Gasteiger partial charge in [0.1, 0.15) is 29.3 Å². The van der Waals surface area contributed by atoms with Crippen LogP contribution in [0.3, 0.4) is 0 Å². The Bertz CT molecular complexity index is 1720. The number of hydrogen-bond acceptors (Lipinski definition) is 7. The smallest absolute Gasteiger partial charge is 0.415 e. The molecule has 4 aromatic rings. The van der Waals surface area contributed by atoms with Gasteiger partial charge in [-0.1, -0.05) is 18.2 Å². The van der Waals surface area contributed by atoms with Gasteiger partial charge in [0, 0.05) is 43.1 Å². The molecule has 1 aliphatic heterocycles. The molecule has 47 heavy (non-hydrogen) atoms. The molecule has 2 aromatic carbocycles. The Morgan fingerprint density at radius 2 is 1.57 bits per heavy atom. The Hall–Kier alpha value is -4.51. The van der Waals surface area contributed by atoms with Crippen LogP contribution in [-0.2, 0) is 23.1 Å². The molecule has 1 saturated heterocycles. The number of nitrogens with one attached hydrogen (secondary N) is 1. The summed E-state index contributed by atoms with van der Waals surface area (Å²) in [5.41, 5.74) is 2.54. The number of aromatic nitrogens is 1. The molecule has 11 heteroatoms. The Kier molecular flexibility index (Phi) is 9.86. The molecular weight excluding hydrogens is 616 g/mol. The predicted molar refractivity (Wildman–Crippen MR) is 186 cm³/mol. The maximum atomic E-state index is 13.5. The van der Waals surface area contributed by atoms with Crippen molar-refractivity contribution in [1.82, 2.24) is 9.47 Å². The number of para-hydroxylation sites is 1. The Morgan fingerprint density at radius 1 is 0.915 bits per heavy atom. The van der Waals surface area contributed by atoms with Crippen LogP contribution >= 0.6 is 11.3 Å². The fourth-order valence-electron chi connectivity index (χ4n) is 5.50. The molecule has 0 spiro atoms. The van der Waals surface area contributed by atoms with Crippen molar-refractivity contribution in [2.24, 2.45) is 7.05 Å². The molecule has 0 atom stereocenters. The minimum atomic E-state index is -0.672. The monoisotopic (exact) mass is 660 g/mol. The average molecular weight is 661 g/mol. The van der Waals surface area contributed by atoms with Crippen molar-refractivity contribution in [2.75, 3.05) is 23.3 Å². The number of hydrogen-bond donors (Lipinski definition) is 1. The first kappa shape index (κ1) is 33.8. The molecule has 0 saturated carbocycles. The fraction of sp³-hybridized carbons (Fsp3) is 0.417. The Morgan fingerprint density at radius 3 is 2.21 bits per heavy atom. The van der Waals surface area contributed by atoms with E-state index in [2.05, 4.69) is 5.32 Å². The lowest BCUT2D eigenvalue weighted by molar-refractivity contribution is 0.0200. The minimum absolute atomic E-state index is 0.161. The summed E-state index contributed by atoms with van der Waals surface area (Å²) in [4.78, 5) is 42.6. The van der Waals surface area contributed by atoms with Gasteiger partial charge < -0.3 is 29.0 Å². The van der Waals surface area contributed by atoms with E-state index in [9.17, 15) is 14.4 Å². The van der Waals surface area contributed by atoms with E-state index in [1.165, 1.54) is 0 Å². The number of anilines is 2. The summed E-state index contributed by atoms with van der Waals surface area (Å²) in [6.07, 6.45) is 0.382. The van der Waals surface area contributed by atoms with Gasteiger partial charge in [0.15, 0.2) is 0 Å². The van der Waals surface area contributed by atoms with Crippen molar-refractivity contribution in [1.29, 1.82) is 0 Å². The van der Waals surface area contributed by atoms with Crippen LogP contribution in [0.1, 0.15) is 70.4 Å². The van der Waals surface area contributed by atoms with Gasteiger partial charge in [0.2, 0.25) is 0 Å². The van der Waals surface area contributed by atoms with Gasteiger partial charge in [0.05, 0.1) is 10.2 Å². The number of aryl methyl sites for hydroxylation is 1. The third-order valence-electron chi connectivity index (χ3n) is 7.74. The maximum absolute atomic E-state index is 13.5. The van der Waals surface area contributed by atoms with Gasteiger partial charge in [-0.25, -0.2) is 9.59 Å². The van der Waals surface area contributed by atoms with Gasteiger partial charge in [0.25, 0.3) is 5.91 Å². The topological polar surface area (TPSA) is 102 Å². The second kappa shape index (κ2) is 13.7. The highest BCUT2D eigenvalue weighted by Crippen LogP contribution is 2.30. The Labute approximate surface area is 280 Å². The summed E-state index contributed by atoms with van der Waals surface area (Å²) in [6, 6.07) is 18.6. The second-order valence-corrected chi connectivity index (χ2v) is 14.6. The number of fused-ring (bicyclic) bond motifs is 1. The molecule has 1 fully saturated rings. The average Bonchev–Trinajstić information content (AvgIpc) is 3.59. The standard InChI is InChI=1S/C36H44N4O6S/c1-35(2,3)45-33(42)39-19-16-26(17-20-39)40(34(43)46-36(4,5)6)25-12-14-27(15-13-25)44-23-24-10-8-9-11-28(24)37-32(41)30-22-31-29(38(30)7)18-21-47-31/h8-15,18,21-22,26H,16-17,19-20,23H2,1-7H3,(H,37,41). The summed E-state index contributed by atoms with van der Waals surface area (Å²) in [6.45, 7) is 12.2. The summed E-state index contributed by atoms with van der Waals surface area (Å²) in [7, 11) is 1.89. The largest absolute Gasteiger partial charge is 0.489 e. The molecule has 250 valence electrons. The number of likely N-dealkylation sites (tertiary alicyclic amines) is 1. The lowest BCUT2D eigenvalue weighted by Crippen LogP contribution is -2.51. The zero-order valence-corrected chi connectivity index (χ0v) is 29.0. The molecule has 0 bridgehead atoms. The van der Waals surface area contributed by atoms with Gasteiger partial charge in [-0.3, -0.25) is 9.69 Å². The van der Waals surface area contributed by atoms with Crippen LogP contribution in [0, 0.1) is 0 Å². The van der Waals surface area contributed by atoms with Crippen LogP contribution in [0.4, 0.5) is 21.0 Å². The van der Waals surface area contributed by atoms with Crippen LogP contribution in [0.25, 0.3) is 10.2 Å². The maximum Gasteiger partial charge on any atom is 0.415 e. The van der Waals surface area contributed by atoms with Crippen LogP contribution in [-0.4, -0.2) is 57.9 Å². The molecular formula is C36H44N4O6S. The number of carbonyl (C=O) groups is 3. The quantitative estimate of drug-likeness (QED) is 0.214. The van der Waals surface area contributed by atoms with Crippen LogP contribution < -0.4 is 15.0 Å². The predicted octanol–water partition coefficient (Wildman–Crippen LogP) is 8.21. The van der Waals surface area contributed by atoms with Crippen LogP contribution in [0.15, 0.2) is 66.0 Å². The number of amides is 3. The summed E-state index contributed by atoms with van der Waals surface area (Å²) in [5, 5.41) is 5.05. The van der Waals surface area contributed by atoms with E-state index in [0.29, 0.717) is 48.7 Å². The molecule has 0 aliphatic carbocycles. The molecule has 2 aromatic heterocycles. The van der Waals surface area contributed by atoms with E-state index >= 15 is 0 Å². The molecule has 1 aliphatic rings. The highest BCUT2D eigenvalue weighted by atomic mass is 32.1. The number of rotatable bonds is 7. The number of carbonyl (C=O) groups excluding carboxylic acids is 3. The van der Waals surface area contributed by atoms with Crippen LogP contribution in [0.2, 0.25) is 0 Å². The van der Waals surface area contributed by atoms with Crippen molar-refractivity contribution in [2.45, 2.75) is 78.2 Å². The normalized spacial score (nSPS) is 14.1. The summed E-state index contributed by atoms with van der Waals surface area (Å²) >= 11 is 1.60. The van der Waals surface area contributed by atoms with Crippen LogP contribution in [0.5, 0.6) is 5.75 Å². The van der Waals surface area contributed by atoms with Gasteiger partial charge in [-0.15, -0.1) is 11.3 Å². The second-order valence-electron chi connectivity index (χ2n) is 13.7. The summed E-state index contributed by atoms with van der Waals surface area (Å²) in [5.74, 6) is 0.424. The molecule has 3 heterocycles. The molecule has 5 rings (SSSR count). The van der Waals surface area contributed by atoms with Crippen molar-refractivity contribution >= 4 is 51.0 Å². The lowest BCUT2D eigenvalue weighted by Gasteiger charge is -2.39. The molecule has 1 N–H and O–H groups in total. The van der Waals surface area contributed by atoms with Gasteiger partial charge >= 0.3 is 12.2 Å². The molecule has 10 nitrogen and oxygen atoms in total. The van der Waals surface area contributed by atoms with Crippen molar-refractivity contribution < 1.29 is 28.6 Å². The minimum Gasteiger partial charge on any atom is -0.489 e. The lowest BCUT2D eigenvalue weighted by atomic mass is 10.0. The number of ether oxygens (including phenoxy) is 3. The first-order chi connectivity index (χ1) is 22.2. The van der Waals surface area contributed by atoms with E-state index in [1.807, 2.05) is 119 Å². The van der Waals surface area contributed by atoms with Gasteiger partial charge in [-0.2, -0.15) is 0 Å². The van der Waals surface area contributed by atoms with E-state index < -0.39 is 17.3 Å². The Balaban J connectivity index is 1.26. The van der Waals surface area contributed by atoms with E-state index in [0.717, 1.165) is 15.8 Å². The van der Waals surface area contributed by atoms with Gasteiger partial charge in [-0.05, 0) is 102 Å². The highest BCUT2D eigenvalue weighted by molar-refractivity contribution is 7.17. The fourth-order valence-corrected chi connectivity index (χ4v) is 6.34. The molecule has 3 amide bonds. The SMILES string of the molecule is Cn1c(C(=O)Nc2ccccc2COc2ccc(N(C(=O)OC(C)(C)C)C3CCN(C(=O)OC(C)(C)C)CC3)cc2)cc2sccc21. The van der Waals surface area contributed by atoms with E-state index in [1.54, 1.807) is 21.1 Å². The van der Waals surface area contributed by atoms with E-state index in [-0.39, 0.29) is 24.6 Å². The first-order valence-corrected chi connectivity index (χ1v) is 16.7. The number of nitrogens with zero attached hydrogens (tertiary/aromatic N) is 3. The number of benzene rings is 2. The zero-order valence-electron chi connectivity index (χ0n) is 28.2. The molecule has 0 radical (unpaired) electrons. The third kappa shape index (κ3) is 8.45. The highest BCUT2D eigenvalue weighted by Gasteiger charge is 2.34. The number of piperidine rings is 1. The van der Waals surface area contributed by atoms with Crippen molar-refractivity contribution in [3.05, 3.63) is 77.3 Å². The zero-order chi connectivity index (χ0) is 33.9. The van der Waals surface area contributed by atoms with Crippen molar-refractivity contribution in [3.63, 3.8) is 0 Å². The van der Waals surface area contributed by atoms with E-state index in [4.69, 9.17) is 14.2 Å². The van der Waals surface area contributed by atoms with Crippen molar-refractivity contribution in [3.8, 4) is 5.75 Å². The number of thiophene rings is 1. The third-order valence-corrected chi connectivity index (χ3v) is 8.60. The summed E-state index contributed by atoms with van der Waals surface area (Å²) < 4.78 is 20.4. The first-order valence-electron chi connectivity index (χ1n) is 15.8. The molecule has 0 unspecified atom stereocenters.